The van der Waals surface area contributed by atoms with Crippen LogP contribution >= 0.6 is 11.3 Å². The third-order valence-corrected chi connectivity index (χ3v) is 5.68. The molecule has 3 aromatic rings. The van der Waals surface area contributed by atoms with Crippen molar-refractivity contribution >= 4 is 33.9 Å². The van der Waals surface area contributed by atoms with Crippen LogP contribution in [0.3, 0.4) is 0 Å². The third-order valence-electron chi connectivity index (χ3n) is 4.91. The Morgan fingerprint density at radius 3 is 2.57 bits per heavy atom. The summed E-state index contributed by atoms with van der Waals surface area (Å²) < 4.78 is 11.1. The van der Waals surface area contributed by atoms with E-state index in [-0.39, 0.29) is 11.3 Å². The van der Waals surface area contributed by atoms with E-state index >= 15 is 0 Å². The molecule has 1 N–H and O–H groups in total. The Labute approximate surface area is 175 Å². The maximum atomic E-state index is 13.0. The summed E-state index contributed by atoms with van der Waals surface area (Å²) in [4.78, 5) is 35.4. The fourth-order valence-electron chi connectivity index (χ4n) is 3.57. The lowest BCUT2D eigenvalue weighted by atomic mass is 9.96. The van der Waals surface area contributed by atoms with Gasteiger partial charge in [-0.3, -0.25) is 19.5 Å². The monoisotopic (exact) mass is 421 g/mol. The Morgan fingerprint density at radius 2 is 1.83 bits per heavy atom. The number of ether oxygens (including phenoxy) is 2. The van der Waals surface area contributed by atoms with Gasteiger partial charge in [-0.1, -0.05) is 0 Å². The second kappa shape index (κ2) is 7.27. The van der Waals surface area contributed by atoms with E-state index in [4.69, 9.17) is 9.47 Å². The first-order valence-electron chi connectivity index (χ1n) is 9.15. The zero-order valence-electron chi connectivity index (χ0n) is 15.5. The van der Waals surface area contributed by atoms with Crippen molar-refractivity contribution in [3.63, 3.8) is 0 Å². The fraction of sp³-hybridized carbons (Fsp3) is 0.143. The number of carbonyl (C=O) groups excluding carboxylic acids is 2. The molecule has 2 aromatic heterocycles. The second-order valence-electron chi connectivity index (χ2n) is 6.62. The third kappa shape index (κ3) is 2.91. The molecular weight excluding hydrogens is 406 g/mol. The normalized spacial score (nSPS) is 19.9. The summed E-state index contributed by atoms with van der Waals surface area (Å²) in [6, 6.07) is 7.48. The number of aliphatic hydroxyl groups excluding tert-OH is 1. The van der Waals surface area contributed by atoms with Crippen molar-refractivity contribution < 1.29 is 24.2 Å². The van der Waals surface area contributed by atoms with Gasteiger partial charge >= 0.3 is 5.91 Å². The van der Waals surface area contributed by atoms with Crippen molar-refractivity contribution in [3.8, 4) is 11.5 Å². The summed E-state index contributed by atoms with van der Waals surface area (Å²) in [6.07, 6.45) is 4.70. The summed E-state index contributed by atoms with van der Waals surface area (Å²) in [6.45, 7) is 0.835. The van der Waals surface area contributed by atoms with E-state index in [2.05, 4.69) is 9.97 Å². The number of thiazole rings is 1. The topological polar surface area (TPSA) is 102 Å². The van der Waals surface area contributed by atoms with Gasteiger partial charge in [-0.2, -0.15) is 0 Å². The smallest absolute Gasteiger partial charge is 0.301 e. The molecule has 1 saturated heterocycles. The molecule has 9 heteroatoms. The van der Waals surface area contributed by atoms with Crippen LogP contribution in [0.25, 0.3) is 5.76 Å². The molecule has 1 atom stereocenters. The van der Waals surface area contributed by atoms with Crippen LogP contribution in [-0.2, 0) is 9.59 Å². The van der Waals surface area contributed by atoms with Crippen LogP contribution in [0.15, 0.2) is 59.9 Å². The zero-order valence-corrected chi connectivity index (χ0v) is 16.3. The van der Waals surface area contributed by atoms with Gasteiger partial charge < -0.3 is 14.6 Å². The van der Waals surface area contributed by atoms with Crippen LogP contribution in [0.1, 0.15) is 17.2 Å². The number of ketones is 1. The van der Waals surface area contributed by atoms with Crippen LogP contribution in [-0.4, -0.2) is 40.0 Å². The number of rotatable bonds is 3. The molecule has 0 aliphatic carbocycles. The first kappa shape index (κ1) is 18.3. The van der Waals surface area contributed by atoms with E-state index in [0.717, 1.165) is 0 Å². The Kier molecular flexibility index (Phi) is 4.44. The van der Waals surface area contributed by atoms with Crippen LogP contribution in [0.2, 0.25) is 0 Å². The number of hydrogen-bond acceptors (Lipinski definition) is 8. The van der Waals surface area contributed by atoms with Crippen molar-refractivity contribution in [2.24, 2.45) is 0 Å². The summed E-state index contributed by atoms with van der Waals surface area (Å²) in [5.74, 6) is -0.775. The molecule has 0 bridgehead atoms. The van der Waals surface area contributed by atoms with Crippen LogP contribution < -0.4 is 14.4 Å². The standard InChI is InChI=1S/C21H15N3O5S/c25-18(13-1-2-14-15(11-13)29-9-8-28-14)16-17(12-3-5-22-6-4-12)24(20(27)19(16)26)21-23-7-10-30-21/h1-7,10-11,17,25H,8-9H2. The summed E-state index contributed by atoms with van der Waals surface area (Å²) in [5, 5.41) is 13.2. The minimum atomic E-state index is -0.827. The van der Waals surface area contributed by atoms with Crippen molar-refractivity contribution in [1.29, 1.82) is 0 Å². The van der Waals surface area contributed by atoms with E-state index in [1.807, 2.05) is 0 Å². The van der Waals surface area contributed by atoms with E-state index in [0.29, 0.717) is 41.0 Å². The predicted molar refractivity (Wildman–Crippen MR) is 109 cm³/mol. The largest absolute Gasteiger partial charge is 0.507 e. The highest BCUT2D eigenvalue weighted by Gasteiger charge is 2.48. The maximum absolute atomic E-state index is 13.0. The van der Waals surface area contributed by atoms with Gasteiger partial charge in [0.2, 0.25) is 0 Å². The molecule has 0 spiro atoms. The number of hydrogen-bond donors (Lipinski definition) is 1. The van der Waals surface area contributed by atoms with Gasteiger partial charge in [-0.15, -0.1) is 11.3 Å². The van der Waals surface area contributed by atoms with E-state index < -0.39 is 17.7 Å². The number of carbonyl (C=O) groups is 2. The average Bonchev–Trinajstić information content (AvgIpc) is 3.40. The van der Waals surface area contributed by atoms with E-state index in [1.165, 1.54) is 16.2 Å². The molecule has 4 heterocycles. The van der Waals surface area contributed by atoms with E-state index in [9.17, 15) is 14.7 Å². The molecule has 0 radical (unpaired) electrons. The van der Waals surface area contributed by atoms with Gasteiger partial charge in [0, 0.05) is 29.5 Å². The minimum Gasteiger partial charge on any atom is -0.507 e. The highest BCUT2D eigenvalue weighted by atomic mass is 32.1. The molecular formula is C21H15N3O5S. The van der Waals surface area contributed by atoms with Crippen molar-refractivity contribution in [3.05, 3.63) is 71.0 Å². The van der Waals surface area contributed by atoms with Gasteiger partial charge in [0.05, 0.1) is 11.6 Å². The number of aliphatic hydroxyl groups is 1. The maximum Gasteiger partial charge on any atom is 0.301 e. The number of Topliss-reactive ketones (excluding diaryl/α,β-unsaturated/α-hetero) is 1. The summed E-state index contributed by atoms with van der Waals surface area (Å²) in [5.41, 5.74) is 0.979. The SMILES string of the molecule is O=C1C(=O)N(c2nccs2)C(c2ccncc2)C1=C(O)c1ccc2c(c1)OCCO2. The number of fused-ring (bicyclic) bond motifs is 1. The average molecular weight is 421 g/mol. The van der Waals surface area contributed by atoms with Gasteiger partial charge in [0.15, 0.2) is 16.6 Å². The molecule has 2 aliphatic heterocycles. The van der Waals surface area contributed by atoms with Crippen LogP contribution in [0.5, 0.6) is 11.5 Å². The quantitative estimate of drug-likeness (QED) is 0.394. The Bertz CT molecular complexity index is 1160. The molecule has 2 aliphatic rings. The number of amides is 1. The fourth-order valence-corrected chi connectivity index (χ4v) is 4.24. The highest BCUT2D eigenvalue weighted by Crippen LogP contribution is 2.43. The first-order valence-corrected chi connectivity index (χ1v) is 10.0. The minimum absolute atomic E-state index is 0.0157. The zero-order chi connectivity index (χ0) is 20.7. The molecule has 1 aromatic carbocycles. The molecule has 1 fully saturated rings. The Hall–Kier alpha value is -3.72. The lowest BCUT2D eigenvalue weighted by Gasteiger charge is -2.23. The lowest BCUT2D eigenvalue weighted by Crippen LogP contribution is -2.29. The molecule has 1 unspecified atom stereocenters. The van der Waals surface area contributed by atoms with Crippen LogP contribution in [0.4, 0.5) is 5.13 Å². The molecule has 0 saturated carbocycles. The van der Waals surface area contributed by atoms with E-state index in [1.54, 1.807) is 54.3 Å². The van der Waals surface area contributed by atoms with Crippen molar-refractivity contribution in [2.75, 3.05) is 18.1 Å². The summed E-state index contributed by atoms with van der Waals surface area (Å²) in [7, 11) is 0. The van der Waals surface area contributed by atoms with Gasteiger partial charge in [-0.25, -0.2) is 4.98 Å². The molecule has 150 valence electrons. The molecule has 1 amide bonds. The lowest BCUT2D eigenvalue weighted by molar-refractivity contribution is -0.132. The summed E-state index contributed by atoms with van der Waals surface area (Å²) >= 11 is 1.24. The number of benzene rings is 1. The number of aromatic nitrogens is 2. The van der Waals surface area contributed by atoms with Gasteiger partial charge in [-0.05, 0) is 35.9 Å². The van der Waals surface area contributed by atoms with Crippen molar-refractivity contribution in [2.45, 2.75) is 6.04 Å². The number of anilines is 1. The number of nitrogens with zero attached hydrogens (tertiary/aromatic N) is 3. The molecule has 30 heavy (non-hydrogen) atoms. The highest BCUT2D eigenvalue weighted by molar-refractivity contribution is 7.14. The van der Waals surface area contributed by atoms with Gasteiger partial charge in [0.25, 0.3) is 5.78 Å². The Morgan fingerprint density at radius 1 is 1.07 bits per heavy atom. The second-order valence-corrected chi connectivity index (χ2v) is 7.50. The van der Waals surface area contributed by atoms with Crippen molar-refractivity contribution in [1.82, 2.24) is 9.97 Å². The molecule has 5 rings (SSSR count). The molecule has 8 nitrogen and oxygen atoms in total. The van der Waals surface area contributed by atoms with Gasteiger partial charge in [0.1, 0.15) is 19.0 Å². The predicted octanol–water partition coefficient (Wildman–Crippen LogP) is 2.94. The number of pyridine rings is 1. The Balaban J connectivity index is 1.68. The first-order chi connectivity index (χ1) is 14.6. The van der Waals surface area contributed by atoms with Crippen LogP contribution in [0, 0.1) is 0 Å².